The van der Waals surface area contributed by atoms with E-state index in [1.165, 1.54) is 19.3 Å². The third-order valence-corrected chi connectivity index (χ3v) is 9.17. The number of amides is 1. The second-order valence-corrected chi connectivity index (χ2v) is 14.0. The van der Waals surface area contributed by atoms with E-state index in [0.717, 1.165) is 40.8 Å². The second kappa shape index (κ2) is 13.6. The van der Waals surface area contributed by atoms with Gasteiger partial charge in [0, 0.05) is 22.9 Å². The van der Waals surface area contributed by atoms with Gasteiger partial charge in [0.1, 0.15) is 10.6 Å². The van der Waals surface area contributed by atoms with Crippen LogP contribution in [-0.2, 0) is 27.7 Å². The molecule has 1 atom stereocenters. The predicted molar refractivity (Wildman–Crippen MR) is 170 cm³/mol. The third-order valence-electron chi connectivity index (χ3n) is 8.14. The van der Waals surface area contributed by atoms with E-state index in [0.29, 0.717) is 23.1 Å². The highest BCUT2D eigenvalue weighted by molar-refractivity contribution is 7.85. The van der Waals surface area contributed by atoms with Crippen LogP contribution in [0.1, 0.15) is 125 Å². The normalized spacial score (nSPS) is 15.5. The zero-order valence-corrected chi connectivity index (χ0v) is 26.7. The van der Waals surface area contributed by atoms with Crippen LogP contribution in [0.25, 0.3) is 5.69 Å². The summed E-state index contributed by atoms with van der Waals surface area (Å²) in [5.41, 5.74) is 3.90. The minimum atomic E-state index is -1.31. The molecule has 3 aromatic rings. The zero-order chi connectivity index (χ0) is 30.6. The minimum Gasteiger partial charge on any atom is -0.384 e. The third kappa shape index (κ3) is 7.71. The first-order valence-electron chi connectivity index (χ1n) is 15.2. The van der Waals surface area contributed by atoms with Crippen molar-refractivity contribution in [2.24, 2.45) is 15.4 Å². The summed E-state index contributed by atoms with van der Waals surface area (Å²) in [7, 11) is -1.31. The van der Waals surface area contributed by atoms with Crippen LogP contribution in [0.4, 0.5) is 0 Å². The largest absolute Gasteiger partial charge is 0.384 e. The molecule has 0 spiro atoms. The van der Waals surface area contributed by atoms with Gasteiger partial charge in [0.2, 0.25) is 0 Å². The maximum absolute atomic E-state index is 13.4. The predicted octanol–water partition coefficient (Wildman–Crippen LogP) is 7.30. The van der Waals surface area contributed by atoms with Crippen LogP contribution in [0, 0.1) is 5.92 Å². The maximum atomic E-state index is 13.4. The first kappa shape index (κ1) is 32.0. The number of aromatic nitrogens is 2. The Hall–Kier alpha value is -2.94. The molecule has 1 unspecified atom stereocenters. The molecule has 1 fully saturated rings. The quantitative estimate of drug-likeness (QED) is 0.241. The number of aliphatic hydroxyl groups is 1. The second-order valence-electron chi connectivity index (χ2n) is 12.7. The molecule has 1 aromatic heterocycles. The van der Waals surface area contributed by atoms with Gasteiger partial charge in [-0.05, 0) is 78.6 Å². The fourth-order valence-corrected chi connectivity index (χ4v) is 6.66. The van der Waals surface area contributed by atoms with Crippen molar-refractivity contribution >= 4 is 22.6 Å². The number of nitrogens with two attached hydrogens (primary N) is 1. The minimum absolute atomic E-state index is 0.108. The molecule has 7 nitrogen and oxygen atoms in total. The Kier molecular flexibility index (Phi) is 10.3. The lowest BCUT2D eigenvalue weighted by atomic mass is 9.81. The first-order valence-corrected chi connectivity index (χ1v) is 16.4. The standard InChI is InChI=1S/C34H46N4O3S/c1-22(2)27-18-25(30(39)17-24-13-9-7-10-14-24)19-28(23(3)4)29(27)20-32(40)37-42(35)33-21-31(34(5,6)41)38(36-33)26-15-11-8-12-16-26/h8,11-12,15-16,18-19,21-24,41H,7,9-10,13-14,17,20H2,1-6H3,(H2,35,37,40). The maximum Gasteiger partial charge on any atom is 0.257 e. The summed E-state index contributed by atoms with van der Waals surface area (Å²) in [5, 5.41) is 22.3. The van der Waals surface area contributed by atoms with Crippen molar-refractivity contribution in [3.8, 4) is 5.69 Å². The van der Waals surface area contributed by atoms with Gasteiger partial charge in [-0.1, -0.05) is 78.0 Å². The summed E-state index contributed by atoms with van der Waals surface area (Å²) < 4.78 is 6.00. The number of hydrogen-bond acceptors (Lipinski definition) is 4. The number of Topliss-reactive ketones (excluding diaryl/α,β-unsaturated/α-hetero) is 1. The van der Waals surface area contributed by atoms with Gasteiger partial charge in [0.05, 0.1) is 17.8 Å². The fraction of sp³-hybridized carbons (Fsp3) is 0.500. The molecule has 1 aliphatic rings. The van der Waals surface area contributed by atoms with Gasteiger partial charge >= 0.3 is 0 Å². The Morgan fingerprint density at radius 1 is 1.02 bits per heavy atom. The van der Waals surface area contributed by atoms with Crippen LogP contribution < -0.4 is 5.14 Å². The monoisotopic (exact) mass is 590 g/mol. The molecule has 0 bridgehead atoms. The van der Waals surface area contributed by atoms with Crippen molar-refractivity contribution in [1.29, 1.82) is 0 Å². The Bertz CT molecular complexity index is 1420. The molecule has 2 aromatic carbocycles. The van der Waals surface area contributed by atoms with E-state index in [4.69, 9.17) is 5.14 Å². The molecule has 1 heterocycles. The van der Waals surface area contributed by atoms with Gasteiger partial charge in [0.25, 0.3) is 5.91 Å². The Labute approximate surface area is 253 Å². The van der Waals surface area contributed by atoms with Crippen LogP contribution in [-0.4, -0.2) is 26.6 Å². The molecule has 0 radical (unpaired) electrons. The summed E-state index contributed by atoms with van der Waals surface area (Å²) in [5.74, 6) is 0.624. The van der Waals surface area contributed by atoms with Gasteiger partial charge in [-0.2, -0.15) is 9.46 Å². The highest BCUT2D eigenvalue weighted by Crippen LogP contribution is 2.33. The molecular formula is C34H46N4O3S. The number of rotatable bonds is 10. The van der Waals surface area contributed by atoms with Crippen molar-refractivity contribution in [3.63, 3.8) is 0 Å². The van der Waals surface area contributed by atoms with E-state index in [-0.39, 0.29) is 29.9 Å². The number of para-hydroxylation sites is 1. The summed E-state index contributed by atoms with van der Waals surface area (Å²) in [6.07, 6.45) is 6.67. The zero-order valence-electron chi connectivity index (χ0n) is 25.9. The molecule has 1 saturated carbocycles. The Morgan fingerprint density at radius 2 is 1.62 bits per heavy atom. The highest BCUT2D eigenvalue weighted by atomic mass is 32.2. The van der Waals surface area contributed by atoms with Gasteiger partial charge in [-0.25, -0.2) is 4.68 Å². The van der Waals surface area contributed by atoms with E-state index in [9.17, 15) is 14.7 Å². The van der Waals surface area contributed by atoms with Crippen molar-refractivity contribution < 1.29 is 14.7 Å². The summed E-state index contributed by atoms with van der Waals surface area (Å²) >= 11 is 0. The molecule has 1 aliphatic carbocycles. The number of nitrogens with zero attached hydrogens (tertiary/aromatic N) is 3. The molecule has 4 rings (SSSR count). The van der Waals surface area contributed by atoms with Crippen molar-refractivity contribution in [2.45, 2.75) is 109 Å². The van der Waals surface area contributed by atoms with Crippen molar-refractivity contribution in [3.05, 3.63) is 76.5 Å². The molecule has 1 amide bonds. The highest BCUT2D eigenvalue weighted by Gasteiger charge is 2.26. The smallest absolute Gasteiger partial charge is 0.257 e. The van der Waals surface area contributed by atoms with Gasteiger partial charge in [-0.15, -0.1) is 0 Å². The van der Waals surface area contributed by atoms with Crippen LogP contribution >= 0.6 is 0 Å². The Morgan fingerprint density at radius 3 is 2.17 bits per heavy atom. The molecule has 3 N–H and O–H groups in total. The van der Waals surface area contributed by atoms with Crippen LogP contribution in [0.2, 0.25) is 0 Å². The average molecular weight is 591 g/mol. The first-order chi connectivity index (χ1) is 19.8. The van der Waals surface area contributed by atoms with E-state index in [1.54, 1.807) is 24.6 Å². The van der Waals surface area contributed by atoms with Crippen LogP contribution in [0.3, 0.4) is 0 Å². The number of benzene rings is 2. The number of ketones is 1. The molecular weight excluding hydrogens is 544 g/mol. The summed E-state index contributed by atoms with van der Waals surface area (Å²) in [4.78, 5) is 26.8. The van der Waals surface area contributed by atoms with E-state index >= 15 is 0 Å². The van der Waals surface area contributed by atoms with Crippen molar-refractivity contribution in [2.75, 3.05) is 0 Å². The van der Waals surface area contributed by atoms with Gasteiger partial charge < -0.3 is 5.11 Å². The van der Waals surface area contributed by atoms with Crippen LogP contribution in [0.5, 0.6) is 0 Å². The van der Waals surface area contributed by atoms with Gasteiger partial charge in [0.15, 0.2) is 5.78 Å². The van der Waals surface area contributed by atoms with Gasteiger partial charge in [-0.3, -0.25) is 14.7 Å². The number of hydrogen-bond donors (Lipinski definition) is 2. The van der Waals surface area contributed by atoms with Crippen molar-refractivity contribution in [1.82, 2.24) is 9.78 Å². The molecule has 226 valence electrons. The number of carbonyl (C=O) groups excluding carboxylic acids is 2. The van der Waals surface area contributed by atoms with E-state index < -0.39 is 16.5 Å². The lowest BCUT2D eigenvalue weighted by Crippen LogP contribution is -2.20. The molecule has 0 saturated heterocycles. The topological polar surface area (TPSA) is 111 Å². The summed E-state index contributed by atoms with van der Waals surface area (Å²) in [6, 6.07) is 15.2. The lowest BCUT2D eigenvalue weighted by Gasteiger charge is -2.23. The fourth-order valence-electron chi connectivity index (χ4n) is 5.89. The van der Waals surface area contributed by atoms with E-state index in [1.807, 2.05) is 42.5 Å². The molecule has 8 heteroatoms. The average Bonchev–Trinajstić information content (AvgIpc) is 3.40. The lowest BCUT2D eigenvalue weighted by molar-refractivity contribution is -0.117. The van der Waals surface area contributed by atoms with Crippen LogP contribution in [0.15, 0.2) is 57.9 Å². The van der Waals surface area contributed by atoms with E-state index in [2.05, 4.69) is 37.2 Å². The molecule has 0 aliphatic heterocycles. The molecule has 42 heavy (non-hydrogen) atoms. The number of carbonyl (C=O) groups is 2. The SMILES string of the molecule is CC(C)c1cc(C(=O)CC2CCCCC2)cc(C(C)C)c1CC(=O)/N=S(\N)c1cc(C(C)(C)O)n(-c2ccccc2)n1. The summed E-state index contributed by atoms with van der Waals surface area (Å²) in [6.45, 7) is 11.8. The Balaban J connectivity index is 1.64.